The van der Waals surface area contributed by atoms with E-state index in [1.165, 1.54) is 17.2 Å². The molecule has 5 rings (SSSR count). The summed E-state index contributed by atoms with van der Waals surface area (Å²) in [5, 5.41) is 0. The molecule has 0 bridgehead atoms. The van der Waals surface area contributed by atoms with Crippen molar-refractivity contribution in [1.29, 1.82) is 0 Å². The molecule has 3 heterocycles. The summed E-state index contributed by atoms with van der Waals surface area (Å²) < 4.78 is 13.4. The van der Waals surface area contributed by atoms with Gasteiger partial charge in [0, 0.05) is 31.5 Å². The van der Waals surface area contributed by atoms with E-state index in [-0.39, 0.29) is 17.5 Å². The van der Waals surface area contributed by atoms with Crippen LogP contribution in [0.15, 0.2) is 36.4 Å². The first kappa shape index (κ1) is 22.3. The minimum atomic E-state index is -0.162. The molecule has 0 saturated carbocycles. The molecule has 0 N–H and O–H groups in total. The average Bonchev–Trinajstić information content (AvgIpc) is 2.84. The predicted molar refractivity (Wildman–Crippen MR) is 128 cm³/mol. The highest BCUT2D eigenvalue weighted by Crippen LogP contribution is 2.37. The zero-order valence-corrected chi connectivity index (χ0v) is 19.3. The second-order valence-corrected chi connectivity index (χ2v) is 9.92. The highest BCUT2D eigenvalue weighted by molar-refractivity contribution is 6.01. The zero-order chi connectivity index (χ0) is 22.8. The summed E-state index contributed by atoms with van der Waals surface area (Å²) >= 11 is 0. The number of halogens is 1. The molecule has 1 amide bonds. The van der Waals surface area contributed by atoms with Crippen LogP contribution >= 0.6 is 0 Å². The number of benzene rings is 2. The Morgan fingerprint density at radius 1 is 1.00 bits per heavy atom. The molecule has 174 valence electrons. The Balaban J connectivity index is 1.12. The van der Waals surface area contributed by atoms with Gasteiger partial charge in [0.15, 0.2) is 5.78 Å². The van der Waals surface area contributed by atoms with E-state index < -0.39 is 0 Å². The molecule has 1 fully saturated rings. The number of hydrogen-bond donors (Lipinski definition) is 0. The number of piperidine rings is 1. The molecule has 2 aromatic rings. The third-order valence-corrected chi connectivity index (χ3v) is 7.69. The first-order chi connectivity index (χ1) is 16.1. The van der Waals surface area contributed by atoms with E-state index >= 15 is 0 Å². The number of nitrogens with zero attached hydrogens (tertiary/aromatic N) is 2. The first-order valence-corrected chi connectivity index (χ1v) is 12.5. The normalized spacial score (nSPS) is 18.9. The molecule has 0 aromatic heterocycles. The summed E-state index contributed by atoms with van der Waals surface area (Å²) in [5.74, 6) is 0.912. The van der Waals surface area contributed by atoms with Crippen molar-refractivity contribution >= 4 is 17.4 Å². The number of anilines is 1. The molecule has 0 aliphatic carbocycles. The zero-order valence-electron chi connectivity index (χ0n) is 19.3. The fourth-order valence-electron chi connectivity index (χ4n) is 5.77. The minimum Gasteiger partial charge on any atom is -0.312 e. The second-order valence-electron chi connectivity index (χ2n) is 9.92. The SMILES string of the molecule is O=C(CCC1CCN(CCc2cccc(F)c2)CC1)c1cc2c3c(c1)CCC(=O)N3CCC2. The molecular weight excluding hydrogens is 415 g/mol. The van der Waals surface area contributed by atoms with Crippen LogP contribution in [0.3, 0.4) is 0 Å². The Kier molecular flexibility index (Phi) is 6.59. The van der Waals surface area contributed by atoms with E-state index in [1.54, 1.807) is 12.1 Å². The third kappa shape index (κ3) is 5.03. The van der Waals surface area contributed by atoms with Crippen molar-refractivity contribution in [2.45, 2.75) is 57.8 Å². The van der Waals surface area contributed by atoms with Gasteiger partial charge in [-0.3, -0.25) is 9.59 Å². The minimum absolute atomic E-state index is 0.162. The van der Waals surface area contributed by atoms with E-state index in [4.69, 9.17) is 0 Å². The van der Waals surface area contributed by atoms with Crippen molar-refractivity contribution in [2.24, 2.45) is 5.92 Å². The first-order valence-electron chi connectivity index (χ1n) is 12.5. The van der Waals surface area contributed by atoms with E-state index in [0.29, 0.717) is 18.8 Å². The van der Waals surface area contributed by atoms with Gasteiger partial charge < -0.3 is 9.80 Å². The van der Waals surface area contributed by atoms with Gasteiger partial charge in [-0.15, -0.1) is 0 Å². The second kappa shape index (κ2) is 9.76. The smallest absolute Gasteiger partial charge is 0.227 e. The number of ketones is 1. The molecule has 0 radical (unpaired) electrons. The summed E-state index contributed by atoms with van der Waals surface area (Å²) in [6, 6.07) is 11.0. The number of likely N-dealkylation sites (tertiary alicyclic amines) is 1. The van der Waals surface area contributed by atoms with Crippen LogP contribution in [0.5, 0.6) is 0 Å². The monoisotopic (exact) mass is 448 g/mol. The van der Waals surface area contributed by atoms with E-state index in [1.807, 2.05) is 11.0 Å². The van der Waals surface area contributed by atoms with Crippen molar-refractivity contribution in [3.63, 3.8) is 0 Å². The molecule has 5 heteroatoms. The van der Waals surface area contributed by atoms with Crippen LogP contribution in [-0.4, -0.2) is 42.8 Å². The third-order valence-electron chi connectivity index (χ3n) is 7.69. The van der Waals surface area contributed by atoms with Gasteiger partial charge in [0.25, 0.3) is 0 Å². The van der Waals surface area contributed by atoms with Crippen LogP contribution < -0.4 is 4.90 Å². The Labute approximate surface area is 195 Å². The van der Waals surface area contributed by atoms with E-state index in [0.717, 1.165) is 87.9 Å². The number of rotatable bonds is 7. The summed E-state index contributed by atoms with van der Waals surface area (Å²) in [7, 11) is 0. The molecule has 33 heavy (non-hydrogen) atoms. The Morgan fingerprint density at radius 3 is 2.58 bits per heavy atom. The van der Waals surface area contributed by atoms with Crippen LogP contribution in [0, 0.1) is 11.7 Å². The fraction of sp³-hybridized carbons (Fsp3) is 0.500. The van der Waals surface area contributed by atoms with Crippen LogP contribution in [0.25, 0.3) is 0 Å². The molecular formula is C28H33FN2O2. The maximum Gasteiger partial charge on any atom is 0.227 e. The van der Waals surface area contributed by atoms with Gasteiger partial charge in [0.05, 0.1) is 5.69 Å². The summed E-state index contributed by atoms with van der Waals surface area (Å²) in [6.07, 6.45) is 7.95. The molecule has 0 atom stereocenters. The number of carbonyl (C=O) groups is 2. The van der Waals surface area contributed by atoms with Crippen LogP contribution in [0.2, 0.25) is 0 Å². The van der Waals surface area contributed by atoms with Crippen LogP contribution in [0.4, 0.5) is 10.1 Å². The Hall–Kier alpha value is -2.53. The lowest BCUT2D eigenvalue weighted by Crippen LogP contribution is -2.39. The van der Waals surface area contributed by atoms with Crippen molar-refractivity contribution in [3.05, 3.63) is 64.5 Å². The van der Waals surface area contributed by atoms with Crippen molar-refractivity contribution in [2.75, 3.05) is 31.1 Å². The van der Waals surface area contributed by atoms with E-state index in [2.05, 4.69) is 17.0 Å². The quantitative estimate of drug-likeness (QED) is 0.562. The Bertz CT molecular complexity index is 1020. The largest absolute Gasteiger partial charge is 0.312 e. The lowest BCUT2D eigenvalue weighted by Gasteiger charge is -2.35. The Morgan fingerprint density at radius 2 is 1.79 bits per heavy atom. The van der Waals surface area contributed by atoms with Gasteiger partial charge in [-0.05, 0) is 105 Å². The summed E-state index contributed by atoms with van der Waals surface area (Å²) in [6.45, 7) is 3.89. The van der Waals surface area contributed by atoms with Gasteiger partial charge in [-0.2, -0.15) is 0 Å². The van der Waals surface area contributed by atoms with Gasteiger partial charge in [0.2, 0.25) is 5.91 Å². The lowest BCUT2D eigenvalue weighted by atomic mass is 9.87. The number of carbonyl (C=O) groups excluding carboxylic acids is 2. The number of hydrogen-bond acceptors (Lipinski definition) is 3. The highest BCUT2D eigenvalue weighted by atomic mass is 19.1. The topological polar surface area (TPSA) is 40.6 Å². The molecule has 3 aliphatic rings. The fourth-order valence-corrected chi connectivity index (χ4v) is 5.77. The van der Waals surface area contributed by atoms with Crippen LogP contribution in [-0.2, 0) is 24.1 Å². The molecule has 0 spiro atoms. The number of amides is 1. The molecule has 2 aromatic carbocycles. The molecule has 4 nitrogen and oxygen atoms in total. The maximum absolute atomic E-state index is 13.4. The predicted octanol–water partition coefficient (Wildman–Crippen LogP) is 4.97. The molecule has 3 aliphatic heterocycles. The standard InChI is InChI=1S/C28H33FN2O2/c29-25-5-1-3-21(17-25)12-16-30-14-10-20(11-15-30)6-8-26(32)24-18-22-4-2-13-31-27(33)9-7-23(19-24)28(22)31/h1,3,5,17-20H,2,4,6-16H2. The summed E-state index contributed by atoms with van der Waals surface area (Å²) in [5.41, 5.74) is 5.36. The van der Waals surface area contributed by atoms with E-state index in [9.17, 15) is 14.0 Å². The molecule has 1 saturated heterocycles. The van der Waals surface area contributed by atoms with Crippen molar-refractivity contribution in [3.8, 4) is 0 Å². The molecule has 0 unspecified atom stereocenters. The summed E-state index contributed by atoms with van der Waals surface area (Å²) in [4.78, 5) is 29.7. The average molecular weight is 449 g/mol. The maximum atomic E-state index is 13.4. The van der Waals surface area contributed by atoms with Gasteiger partial charge in [-0.1, -0.05) is 12.1 Å². The van der Waals surface area contributed by atoms with Crippen molar-refractivity contribution in [1.82, 2.24) is 4.90 Å². The lowest BCUT2D eigenvalue weighted by molar-refractivity contribution is -0.119. The number of Topliss-reactive ketones (excluding diaryl/α,β-unsaturated/α-hetero) is 1. The van der Waals surface area contributed by atoms with Crippen LogP contribution in [0.1, 0.15) is 65.6 Å². The van der Waals surface area contributed by atoms with Crippen molar-refractivity contribution < 1.29 is 14.0 Å². The number of aryl methyl sites for hydroxylation is 2. The van der Waals surface area contributed by atoms with Gasteiger partial charge in [-0.25, -0.2) is 4.39 Å². The van der Waals surface area contributed by atoms with Gasteiger partial charge >= 0.3 is 0 Å². The van der Waals surface area contributed by atoms with Gasteiger partial charge in [0.1, 0.15) is 5.82 Å². The highest BCUT2D eigenvalue weighted by Gasteiger charge is 2.30.